The molecular weight excluding hydrogens is 416 g/mol. The van der Waals surface area contributed by atoms with Crippen LogP contribution in [-0.4, -0.2) is 68.0 Å². The molecule has 2 aromatic carbocycles. The second kappa shape index (κ2) is 10.1. The Balaban J connectivity index is 1.50. The van der Waals surface area contributed by atoms with Crippen molar-refractivity contribution in [1.82, 2.24) is 4.90 Å². The monoisotopic (exact) mass is 451 g/mol. The van der Waals surface area contributed by atoms with Gasteiger partial charge in [0.1, 0.15) is 37.6 Å². The summed E-state index contributed by atoms with van der Waals surface area (Å²) in [5.41, 5.74) is 3.77. The van der Waals surface area contributed by atoms with Gasteiger partial charge in [0.05, 0.1) is 25.8 Å². The lowest BCUT2D eigenvalue weighted by atomic mass is 10.0. The van der Waals surface area contributed by atoms with E-state index in [4.69, 9.17) is 14.3 Å². The summed E-state index contributed by atoms with van der Waals surface area (Å²) in [5, 5.41) is 0. The number of rotatable bonds is 6. The van der Waals surface area contributed by atoms with Crippen LogP contribution in [0, 0.1) is 6.92 Å². The fourth-order valence-corrected chi connectivity index (χ4v) is 5.01. The molecule has 2 heterocycles. The molecule has 2 aliphatic heterocycles. The predicted octanol–water partition coefficient (Wildman–Crippen LogP) is 4.40. The SMILES string of the molecule is C=Cc1cc(OC)c(C(=O)N2CC[N+]3(CC2)CC(OCC)CC(c2ccccc2)O3)cc1C. The van der Waals surface area contributed by atoms with Crippen molar-refractivity contribution in [3.05, 3.63) is 71.3 Å². The number of carbonyl (C=O) groups excluding carboxylic acids is 1. The first-order valence-corrected chi connectivity index (χ1v) is 11.8. The number of hydrogen-bond acceptors (Lipinski definition) is 4. The molecule has 6 nitrogen and oxygen atoms in total. The van der Waals surface area contributed by atoms with E-state index in [2.05, 4.69) is 30.8 Å². The molecule has 2 fully saturated rings. The average molecular weight is 452 g/mol. The number of aryl methyl sites for hydroxylation is 1. The van der Waals surface area contributed by atoms with Crippen molar-refractivity contribution in [3.63, 3.8) is 0 Å². The Morgan fingerprint density at radius 1 is 1.24 bits per heavy atom. The topological polar surface area (TPSA) is 48.0 Å². The van der Waals surface area contributed by atoms with Crippen LogP contribution in [0.5, 0.6) is 5.75 Å². The van der Waals surface area contributed by atoms with Gasteiger partial charge in [0.2, 0.25) is 0 Å². The zero-order valence-corrected chi connectivity index (χ0v) is 20.0. The van der Waals surface area contributed by atoms with E-state index < -0.39 is 0 Å². The Hall–Kier alpha value is -2.67. The van der Waals surface area contributed by atoms with E-state index in [1.165, 1.54) is 5.56 Å². The van der Waals surface area contributed by atoms with Crippen LogP contribution in [0.1, 0.15) is 46.5 Å². The molecule has 2 saturated heterocycles. The third kappa shape index (κ3) is 4.98. The molecule has 2 aliphatic rings. The van der Waals surface area contributed by atoms with Crippen LogP contribution in [0.3, 0.4) is 0 Å². The molecule has 1 amide bonds. The Labute approximate surface area is 196 Å². The van der Waals surface area contributed by atoms with Crippen molar-refractivity contribution in [2.45, 2.75) is 32.5 Å². The summed E-state index contributed by atoms with van der Waals surface area (Å²) in [6.07, 6.45) is 2.78. The molecule has 2 aromatic rings. The normalized spacial score (nSPS) is 22.2. The Bertz CT molecular complexity index is 983. The Kier molecular flexibility index (Phi) is 7.17. The van der Waals surface area contributed by atoms with Gasteiger partial charge in [-0.3, -0.25) is 4.79 Å². The second-order valence-electron chi connectivity index (χ2n) is 8.91. The maximum Gasteiger partial charge on any atom is 0.258 e. The van der Waals surface area contributed by atoms with Crippen LogP contribution >= 0.6 is 0 Å². The zero-order valence-electron chi connectivity index (χ0n) is 20.0. The van der Waals surface area contributed by atoms with Gasteiger partial charge in [0.25, 0.3) is 5.91 Å². The highest BCUT2D eigenvalue weighted by atomic mass is 16.7. The fraction of sp³-hybridized carbons (Fsp3) is 0.444. The van der Waals surface area contributed by atoms with E-state index >= 15 is 0 Å². The van der Waals surface area contributed by atoms with Crippen molar-refractivity contribution >= 4 is 12.0 Å². The van der Waals surface area contributed by atoms with Crippen LogP contribution in [0.25, 0.3) is 6.08 Å². The van der Waals surface area contributed by atoms with E-state index in [1.54, 1.807) is 13.2 Å². The van der Waals surface area contributed by atoms with E-state index in [-0.39, 0.29) is 18.1 Å². The summed E-state index contributed by atoms with van der Waals surface area (Å²) in [5.74, 6) is 0.589. The number of benzene rings is 2. The first-order valence-electron chi connectivity index (χ1n) is 11.8. The number of carbonyl (C=O) groups is 1. The van der Waals surface area contributed by atoms with Crippen molar-refractivity contribution in [2.24, 2.45) is 0 Å². The molecule has 0 N–H and O–H groups in total. The van der Waals surface area contributed by atoms with Gasteiger partial charge in [0, 0.05) is 13.0 Å². The third-order valence-electron chi connectivity index (χ3n) is 6.82. The summed E-state index contributed by atoms with van der Waals surface area (Å²) in [6.45, 7) is 12.1. The number of amides is 1. The van der Waals surface area contributed by atoms with E-state index in [0.29, 0.717) is 35.7 Å². The Morgan fingerprint density at radius 2 is 1.97 bits per heavy atom. The number of hydroxylamine groups is 3. The lowest BCUT2D eigenvalue weighted by molar-refractivity contribution is -1.12. The number of methoxy groups -OCH3 is 1. The third-order valence-corrected chi connectivity index (χ3v) is 6.82. The highest BCUT2D eigenvalue weighted by Gasteiger charge is 2.46. The van der Waals surface area contributed by atoms with Gasteiger partial charge in [-0.15, -0.1) is 0 Å². The van der Waals surface area contributed by atoms with Gasteiger partial charge >= 0.3 is 0 Å². The predicted molar refractivity (Wildman–Crippen MR) is 129 cm³/mol. The largest absolute Gasteiger partial charge is 0.496 e. The first kappa shape index (κ1) is 23.5. The van der Waals surface area contributed by atoms with Gasteiger partial charge < -0.3 is 14.4 Å². The maximum atomic E-state index is 13.4. The molecule has 0 aromatic heterocycles. The maximum absolute atomic E-state index is 13.4. The summed E-state index contributed by atoms with van der Waals surface area (Å²) < 4.78 is 12.1. The highest BCUT2D eigenvalue weighted by Crippen LogP contribution is 2.36. The van der Waals surface area contributed by atoms with Crippen LogP contribution < -0.4 is 4.74 Å². The molecule has 33 heavy (non-hydrogen) atoms. The van der Waals surface area contributed by atoms with Crippen molar-refractivity contribution in [1.29, 1.82) is 0 Å². The summed E-state index contributed by atoms with van der Waals surface area (Å²) in [4.78, 5) is 22.0. The van der Waals surface area contributed by atoms with Crippen molar-refractivity contribution in [2.75, 3.05) is 46.4 Å². The van der Waals surface area contributed by atoms with Gasteiger partial charge in [-0.25, -0.2) is 0 Å². The molecule has 0 bridgehead atoms. The van der Waals surface area contributed by atoms with Gasteiger partial charge in [-0.2, -0.15) is 9.48 Å². The molecule has 1 spiro atoms. The smallest absolute Gasteiger partial charge is 0.258 e. The minimum atomic E-state index is -0.00653. The number of quaternary nitrogens is 1. The molecule has 0 radical (unpaired) electrons. The fourth-order valence-electron chi connectivity index (χ4n) is 5.01. The minimum Gasteiger partial charge on any atom is -0.496 e. The van der Waals surface area contributed by atoms with E-state index in [0.717, 1.165) is 37.2 Å². The first-order chi connectivity index (χ1) is 16.0. The molecule has 2 atom stereocenters. The molecule has 2 unspecified atom stereocenters. The van der Waals surface area contributed by atoms with Crippen molar-refractivity contribution in [3.8, 4) is 5.75 Å². The summed E-state index contributed by atoms with van der Waals surface area (Å²) in [7, 11) is 1.60. The lowest BCUT2D eigenvalue weighted by Gasteiger charge is -2.48. The minimum absolute atomic E-state index is 0.00129. The zero-order chi connectivity index (χ0) is 23.4. The number of ether oxygens (including phenoxy) is 2. The van der Waals surface area contributed by atoms with Crippen LogP contribution in [0.2, 0.25) is 0 Å². The van der Waals surface area contributed by atoms with Crippen molar-refractivity contribution < 1.29 is 23.8 Å². The standard InChI is InChI=1S/C27H35N2O4/c1-5-21-17-26(31-4)24(16-20(21)3)27(30)28-12-14-29(15-13-28)19-23(32-6-2)18-25(33-29)22-10-8-7-9-11-22/h5,7-11,16-17,23,25H,1,6,12-15,18-19H2,2-4H3/q+1. The molecule has 176 valence electrons. The lowest BCUT2D eigenvalue weighted by Crippen LogP contribution is -2.65. The number of nitrogens with zero attached hydrogens (tertiary/aromatic N) is 2. The second-order valence-corrected chi connectivity index (χ2v) is 8.91. The molecule has 4 rings (SSSR count). The molecular formula is C27H35N2O4+. The number of hydrogen-bond donors (Lipinski definition) is 0. The van der Waals surface area contributed by atoms with E-state index in [9.17, 15) is 4.79 Å². The van der Waals surface area contributed by atoms with Crippen LogP contribution in [-0.2, 0) is 9.57 Å². The van der Waals surface area contributed by atoms with Crippen LogP contribution in [0.4, 0.5) is 0 Å². The highest BCUT2D eigenvalue weighted by molar-refractivity contribution is 5.97. The van der Waals surface area contributed by atoms with E-state index in [1.807, 2.05) is 36.9 Å². The number of piperazine rings is 1. The average Bonchev–Trinajstić information content (AvgIpc) is 2.84. The molecule has 6 heteroatoms. The quantitative estimate of drug-likeness (QED) is 0.611. The van der Waals surface area contributed by atoms with Crippen LogP contribution in [0.15, 0.2) is 49.0 Å². The van der Waals surface area contributed by atoms with Gasteiger partial charge in [-0.1, -0.05) is 43.0 Å². The summed E-state index contributed by atoms with van der Waals surface area (Å²) in [6, 6.07) is 14.2. The molecule has 0 aliphatic carbocycles. The van der Waals surface area contributed by atoms with Gasteiger partial charge in [0.15, 0.2) is 0 Å². The van der Waals surface area contributed by atoms with Gasteiger partial charge in [-0.05, 0) is 42.7 Å². The summed E-state index contributed by atoms with van der Waals surface area (Å²) >= 11 is 0. The molecule has 0 saturated carbocycles. The Morgan fingerprint density at radius 3 is 2.61 bits per heavy atom.